The van der Waals surface area contributed by atoms with Crippen molar-refractivity contribution in [1.29, 1.82) is 0 Å². The molecule has 1 aliphatic rings. The van der Waals surface area contributed by atoms with Gasteiger partial charge in [0.05, 0.1) is 23.0 Å². The molecular weight excluding hydrogens is 369 g/mol. The quantitative estimate of drug-likeness (QED) is 0.716. The number of hydrogen-bond acceptors (Lipinski definition) is 5. The van der Waals surface area contributed by atoms with E-state index in [1.807, 2.05) is 43.3 Å². The highest BCUT2D eigenvalue weighted by Gasteiger charge is 2.30. The third-order valence-corrected chi connectivity index (χ3v) is 5.18. The second kappa shape index (κ2) is 7.16. The lowest BCUT2D eigenvalue weighted by molar-refractivity contribution is 0.0922. The Morgan fingerprint density at radius 3 is 2.72 bits per heavy atom. The summed E-state index contributed by atoms with van der Waals surface area (Å²) in [6.07, 6.45) is 0.459. The molecule has 1 aliphatic heterocycles. The summed E-state index contributed by atoms with van der Waals surface area (Å²) in [4.78, 5) is 23.1. The molecule has 0 spiro atoms. The number of nitrogens with two attached hydrogens (primary N) is 1. The lowest BCUT2D eigenvalue weighted by atomic mass is 9.88. The maximum absolute atomic E-state index is 14.1. The third kappa shape index (κ3) is 3.51. The van der Waals surface area contributed by atoms with E-state index < -0.39 is 0 Å². The van der Waals surface area contributed by atoms with Gasteiger partial charge in [-0.1, -0.05) is 18.2 Å². The number of amides is 1. The van der Waals surface area contributed by atoms with Crippen LogP contribution in [-0.4, -0.2) is 30.0 Å². The third-order valence-electron chi connectivity index (χ3n) is 5.18. The predicted octanol–water partition coefficient (Wildman–Crippen LogP) is 3.27. The fourth-order valence-corrected chi connectivity index (χ4v) is 3.80. The van der Waals surface area contributed by atoms with Crippen LogP contribution in [0.3, 0.4) is 0 Å². The zero-order valence-corrected chi connectivity index (χ0v) is 16.5. The topological polar surface area (TPSA) is 84.1 Å². The molecule has 0 bridgehead atoms. The minimum absolute atomic E-state index is 0.146. The Morgan fingerprint density at radius 2 is 1.97 bits per heavy atom. The van der Waals surface area contributed by atoms with E-state index in [0.717, 1.165) is 22.4 Å². The van der Waals surface area contributed by atoms with Crippen molar-refractivity contribution in [3.05, 3.63) is 70.8 Å². The van der Waals surface area contributed by atoms with Crippen molar-refractivity contribution >= 4 is 17.5 Å². The van der Waals surface area contributed by atoms with Gasteiger partial charge < -0.3 is 16.0 Å². The van der Waals surface area contributed by atoms with E-state index in [9.17, 15) is 9.18 Å². The SMILES string of the molecule is Cc1nc(N)nc2c1C(=O)NC(c1ccc(F)cc1-c1cccc(N(C)C)c1)C2. The van der Waals surface area contributed by atoms with E-state index >= 15 is 0 Å². The van der Waals surface area contributed by atoms with Crippen molar-refractivity contribution < 1.29 is 9.18 Å². The molecule has 1 aromatic heterocycles. The molecule has 148 valence electrons. The van der Waals surface area contributed by atoms with Gasteiger partial charge in [-0.25, -0.2) is 14.4 Å². The van der Waals surface area contributed by atoms with E-state index in [4.69, 9.17) is 5.73 Å². The van der Waals surface area contributed by atoms with Crippen molar-refractivity contribution in [2.75, 3.05) is 24.7 Å². The Bertz CT molecular complexity index is 1110. The van der Waals surface area contributed by atoms with Crippen LogP contribution >= 0.6 is 0 Å². The predicted molar refractivity (Wildman–Crippen MR) is 111 cm³/mol. The molecule has 4 rings (SSSR count). The van der Waals surface area contributed by atoms with Crippen LogP contribution in [0.15, 0.2) is 42.5 Å². The van der Waals surface area contributed by atoms with Gasteiger partial charge in [-0.15, -0.1) is 0 Å². The molecule has 0 saturated heterocycles. The molecule has 7 heteroatoms. The molecular formula is C22H22FN5O. The first-order valence-electron chi connectivity index (χ1n) is 9.34. The number of nitrogens with zero attached hydrogens (tertiary/aromatic N) is 3. The fourth-order valence-electron chi connectivity index (χ4n) is 3.80. The van der Waals surface area contributed by atoms with Gasteiger partial charge >= 0.3 is 0 Å². The average molecular weight is 391 g/mol. The van der Waals surface area contributed by atoms with Gasteiger partial charge in [-0.2, -0.15) is 0 Å². The molecule has 0 fully saturated rings. The van der Waals surface area contributed by atoms with Gasteiger partial charge in [0.25, 0.3) is 5.91 Å². The number of nitrogens with one attached hydrogen (secondary N) is 1. The second-order valence-electron chi connectivity index (χ2n) is 7.40. The van der Waals surface area contributed by atoms with Crippen LogP contribution in [0.4, 0.5) is 16.0 Å². The Balaban J connectivity index is 1.81. The molecule has 2 heterocycles. The molecule has 0 saturated carbocycles. The number of benzene rings is 2. The molecule has 6 nitrogen and oxygen atoms in total. The molecule has 0 radical (unpaired) electrons. The molecule has 1 amide bonds. The first-order chi connectivity index (χ1) is 13.8. The summed E-state index contributed by atoms with van der Waals surface area (Å²) in [6.45, 7) is 1.74. The summed E-state index contributed by atoms with van der Waals surface area (Å²) in [7, 11) is 3.91. The van der Waals surface area contributed by atoms with Gasteiger partial charge in [-0.05, 0) is 47.9 Å². The van der Waals surface area contributed by atoms with Crippen LogP contribution in [0, 0.1) is 12.7 Å². The zero-order valence-electron chi connectivity index (χ0n) is 16.5. The number of aryl methyl sites for hydroxylation is 1. The van der Waals surface area contributed by atoms with Crippen LogP contribution in [0.5, 0.6) is 0 Å². The molecule has 2 aromatic carbocycles. The number of halogens is 1. The normalized spacial score (nSPS) is 15.6. The van der Waals surface area contributed by atoms with Crippen LogP contribution < -0.4 is 16.0 Å². The molecule has 0 aliphatic carbocycles. The van der Waals surface area contributed by atoms with Crippen molar-refractivity contribution in [3.63, 3.8) is 0 Å². The first kappa shape index (κ1) is 18.9. The average Bonchev–Trinajstić information content (AvgIpc) is 2.67. The largest absolute Gasteiger partial charge is 0.378 e. The Labute approximate surface area is 168 Å². The van der Waals surface area contributed by atoms with Crippen molar-refractivity contribution in [1.82, 2.24) is 15.3 Å². The Morgan fingerprint density at radius 1 is 1.17 bits per heavy atom. The van der Waals surface area contributed by atoms with E-state index in [2.05, 4.69) is 15.3 Å². The number of nitrogen functional groups attached to an aromatic ring is 1. The summed E-state index contributed by atoms with van der Waals surface area (Å²) in [5, 5.41) is 3.02. The maximum atomic E-state index is 14.1. The van der Waals surface area contributed by atoms with E-state index in [1.165, 1.54) is 12.1 Å². The molecule has 3 aromatic rings. The number of anilines is 2. The maximum Gasteiger partial charge on any atom is 0.255 e. The minimum atomic E-state index is -0.345. The van der Waals surface area contributed by atoms with Crippen LogP contribution in [0.2, 0.25) is 0 Å². The highest BCUT2D eigenvalue weighted by Crippen LogP contribution is 2.35. The Kier molecular flexibility index (Phi) is 4.66. The molecule has 3 N–H and O–H groups in total. The van der Waals surface area contributed by atoms with E-state index in [-0.39, 0.29) is 23.7 Å². The summed E-state index contributed by atoms with van der Waals surface area (Å²) >= 11 is 0. The molecule has 1 unspecified atom stereocenters. The van der Waals surface area contributed by atoms with Crippen molar-refractivity contribution in [2.24, 2.45) is 0 Å². The number of hydrogen-bond donors (Lipinski definition) is 2. The van der Waals surface area contributed by atoms with Crippen LogP contribution in [0.25, 0.3) is 11.1 Å². The number of carbonyl (C=O) groups excluding carboxylic acids is 1. The minimum Gasteiger partial charge on any atom is -0.378 e. The second-order valence-corrected chi connectivity index (χ2v) is 7.40. The lowest BCUT2D eigenvalue weighted by Gasteiger charge is -2.28. The van der Waals surface area contributed by atoms with Crippen molar-refractivity contribution in [2.45, 2.75) is 19.4 Å². The van der Waals surface area contributed by atoms with Crippen LogP contribution in [-0.2, 0) is 6.42 Å². The Hall–Kier alpha value is -3.48. The number of rotatable bonds is 3. The summed E-state index contributed by atoms with van der Waals surface area (Å²) in [5.41, 5.74) is 10.9. The van der Waals surface area contributed by atoms with Gasteiger partial charge in [0.1, 0.15) is 5.82 Å². The fraction of sp³-hybridized carbons (Fsp3) is 0.227. The van der Waals surface area contributed by atoms with Crippen LogP contribution in [0.1, 0.15) is 33.4 Å². The summed E-state index contributed by atoms with van der Waals surface area (Å²) < 4.78 is 14.1. The van der Waals surface area contributed by atoms with Gasteiger partial charge in [0.15, 0.2) is 0 Å². The number of aromatic nitrogens is 2. The summed E-state index contributed by atoms with van der Waals surface area (Å²) in [6, 6.07) is 12.2. The number of carbonyl (C=O) groups is 1. The molecule has 29 heavy (non-hydrogen) atoms. The smallest absolute Gasteiger partial charge is 0.255 e. The van der Waals surface area contributed by atoms with Gasteiger partial charge in [0, 0.05) is 26.2 Å². The highest BCUT2D eigenvalue weighted by molar-refractivity contribution is 5.98. The standard InChI is InChI=1S/C22H22FN5O/c1-12-20-19(27-22(24)25-12)11-18(26-21(20)29)16-8-7-14(23)10-17(16)13-5-4-6-15(9-13)28(2)3/h4-10,18H,11H2,1-3H3,(H,26,29)(H2,24,25,27). The number of fused-ring (bicyclic) bond motifs is 1. The summed E-state index contributed by atoms with van der Waals surface area (Å²) in [5.74, 6) is -0.428. The lowest BCUT2D eigenvalue weighted by Crippen LogP contribution is -2.37. The van der Waals surface area contributed by atoms with Gasteiger partial charge in [0.2, 0.25) is 5.95 Å². The van der Waals surface area contributed by atoms with E-state index in [1.54, 1.807) is 13.0 Å². The zero-order chi connectivity index (χ0) is 20.7. The monoisotopic (exact) mass is 391 g/mol. The van der Waals surface area contributed by atoms with E-state index in [0.29, 0.717) is 23.4 Å². The van der Waals surface area contributed by atoms with Crippen molar-refractivity contribution in [3.8, 4) is 11.1 Å². The van der Waals surface area contributed by atoms with Gasteiger partial charge in [-0.3, -0.25) is 4.79 Å². The highest BCUT2D eigenvalue weighted by atomic mass is 19.1. The first-order valence-corrected chi connectivity index (χ1v) is 9.34. The molecule has 1 atom stereocenters.